The molecule has 0 aromatic carbocycles. The second kappa shape index (κ2) is 7.03. The maximum atomic E-state index is 5.34. The van der Waals surface area contributed by atoms with Crippen LogP contribution in [-0.2, 0) is 4.74 Å². The zero-order valence-electron chi connectivity index (χ0n) is 7.10. The van der Waals surface area contributed by atoms with Gasteiger partial charge in [-0.05, 0) is 25.3 Å². The molecule has 2 heteroatoms. The molecule has 0 bridgehead atoms. The Morgan fingerprint density at radius 2 is 2.00 bits per heavy atom. The Bertz CT molecular complexity index is 64.3. The smallest absolute Gasteiger partial charge is 0.0488 e. The SMILES string of the molecule is CC(C)COCCCCN. The van der Waals surface area contributed by atoms with Crippen molar-refractivity contribution in [1.82, 2.24) is 0 Å². The van der Waals surface area contributed by atoms with Crippen molar-refractivity contribution in [2.24, 2.45) is 11.7 Å². The predicted octanol–water partition coefficient (Wildman–Crippen LogP) is 1.40. The number of ether oxygens (including phenoxy) is 1. The average molecular weight is 145 g/mol. The Hall–Kier alpha value is -0.0800. The van der Waals surface area contributed by atoms with Crippen LogP contribution in [0.3, 0.4) is 0 Å². The van der Waals surface area contributed by atoms with Crippen LogP contribution in [0.1, 0.15) is 26.7 Å². The molecule has 2 nitrogen and oxygen atoms in total. The Morgan fingerprint density at radius 3 is 2.50 bits per heavy atom. The highest BCUT2D eigenvalue weighted by molar-refractivity contribution is 4.42. The number of rotatable bonds is 6. The van der Waals surface area contributed by atoms with Crippen molar-refractivity contribution in [2.45, 2.75) is 26.7 Å². The van der Waals surface area contributed by atoms with Crippen molar-refractivity contribution in [1.29, 1.82) is 0 Å². The van der Waals surface area contributed by atoms with Gasteiger partial charge in [0.15, 0.2) is 0 Å². The van der Waals surface area contributed by atoms with E-state index in [1.165, 1.54) is 0 Å². The second-order valence-electron chi connectivity index (χ2n) is 2.96. The first-order valence-electron chi connectivity index (χ1n) is 4.05. The number of nitrogens with two attached hydrogens (primary N) is 1. The first-order chi connectivity index (χ1) is 4.77. The van der Waals surface area contributed by atoms with Crippen LogP contribution in [0.25, 0.3) is 0 Å². The van der Waals surface area contributed by atoms with Crippen molar-refractivity contribution in [3.8, 4) is 0 Å². The van der Waals surface area contributed by atoms with E-state index in [4.69, 9.17) is 10.5 Å². The molecule has 0 unspecified atom stereocenters. The molecule has 0 saturated carbocycles. The third-order valence-corrected chi connectivity index (χ3v) is 1.19. The van der Waals surface area contributed by atoms with E-state index in [0.29, 0.717) is 5.92 Å². The molecular weight excluding hydrogens is 126 g/mol. The molecule has 0 saturated heterocycles. The summed E-state index contributed by atoms with van der Waals surface area (Å²) in [4.78, 5) is 0. The second-order valence-corrected chi connectivity index (χ2v) is 2.96. The summed E-state index contributed by atoms with van der Waals surface area (Å²) < 4.78 is 5.34. The molecule has 0 heterocycles. The van der Waals surface area contributed by atoms with Gasteiger partial charge in [-0.3, -0.25) is 0 Å². The van der Waals surface area contributed by atoms with E-state index in [0.717, 1.165) is 32.6 Å². The molecule has 0 amide bonds. The summed E-state index contributed by atoms with van der Waals surface area (Å²) in [7, 11) is 0. The summed E-state index contributed by atoms with van der Waals surface area (Å²) in [5.74, 6) is 0.651. The molecule has 0 aromatic rings. The van der Waals surface area contributed by atoms with E-state index in [2.05, 4.69) is 13.8 Å². The van der Waals surface area contributed by atoms with Crippen LogP contribution in [0.15, 0.2) is 0 Å². The Kier molecular flexibility index (Phi) is 6.98. The molecular formula is C8H19NO. The van der Waals surface area contributed by atoms with Crippen LogP contribution >= 0.6 is 0 Å². The fourth-order valence-corrected chi connectivity index (χ4v) is 0.667. The molecule has 62 valence electrons. The largest absolute Gasteiger partial charge is 0.381 e. The highest BCUT2D eigenvalue weighted by Crippen LogP contribution is 1.94. The van der Waals surface area contributed by atoms with Gasteiger partial charge in [-0.15, -0.1) is 0 Å². The minimum Gasteiger partial charge on any atom is -0.381 e. The lowest BCUT2D eigenvalue weighted by atomic mass is 10.2. The molecule has 0 spiro atoms. The molecule has 0 aliphatic carbocycles. The Morgan fingerprint density at radius 1 is 1.30 bits per heavy atom. The quantitative estimate of drug-likeness (QED) is 0.573. The molecule has 0 rings (SSSR count). The molecule has 0 radical (unpaired) electrons. The van der Waals surface area contributed by atoms with Gasteiger partial charge < -0.3 is 10.5 Å². The zero-order valence-corrected chi connectivity index (χ0v) is 7.10. The van der Waals surface area contributed by atoms with Gasteiger partial charge in [0.2, 0.25) is 0 Å². The third kappa shape index (κ3) is 7.92. The third-order valence-electron chi connectivity index (χ3n) is 1.19. The van der Waals surface area contributed by atoms with Gasteiger partial charge in [-0.1, -0.05) is 13.8 Å². The average Bonchev–Trinajstić information content (AvgIpc) is 1.87. The van der Waals surface area contributed by atoms with Gasteiger partial charge in [0, 0.05) is 13.2 Å². The fourth-order valence-electron chi connectivity index (χ4n) is 0.667. The molecule has 10 heavy (non-hydrogen) atoms. The van der Waals surface area contributed by atoms with Crippen molar-refractivity contribution >= 4 is 0 Å². The minimum absolute atomic E-state index is 0.651. The van der Waals surface area contributed by atoms with Crippen LogP contribution in [-0.4, -0.2) is 19.8 Å². The van der Waals surface area contributed by atoms with E-state index < -0.39 is 0 Å². The minimum atomic E-state index is 0.651. The summed E-state index contributed by atoms with van der Waals surface area (Å²) in [6.45, 7) is 6.84. The summed E-state index contributed by atoms with van der Waals surface area (Å²) in [5, 5.41) is 0. The Labute approximate surface area is 63.7 Å². The lowest BCUT2D eigenvalue weighted by Gasteiger charge is -2.05. The van der Waals surface area contributed by atoms with Crippen molar-refractivity contribution < 1.29 is 4.74 Å². The predicted molar refractivity (Wildman–Crippen MR) is 43.9 cm³/mol. The van der Waals surface area contributed by atoms with E-state index in [1.54, 1.807) is 0 Å². The topological polar surface area (TPSA) is 35.2 Å². The fraction of sp³-hybridized carbons (Fsp3) is 1.00. The standard InChI is InChI=1S/C8H19NO/c1-8(2)7-10-6-4-3-5-9/h8H,3-7,9H2,1-2H3. The lowest BCUT2D eigenvalue weighted by molar-refractivity contribution is 0.107. The number of unbranched alkanes of at least 4 members (excludes halogenated alkanes) is 1. The first-order valence-corrected chi connectivity index (χ1v) is 4.05. The molecule has 2 N–H and O–H groups in total. The van der Waals surface area contributed by atoms with Gasteiger partial charge in [-0.2, -0.15) is 0 Å². The van der Waals surface area contributed by atoms with E-state index in [9.17, 15) is 0 Å². The molecule has 0 aliphatic heterocycles. The maximum absolute atomic E-state index is 5.34. The number of hydrogen-bond donors (Lipinski definition) is 1. The van der Waals surface area contributed by atoms with Crippen molar-refractivity contribution in [2.75, 3.05) is 19.8 Å². The van der Waals surface area contributed by atoms with Crippen molar-refractivity contribution in [3.63, 3.8) is 0 Å². The monoisotopic (exact) mass is 145 g/mol. The van der Waals surface area contributed by atoms with Gasteiger partial charge in [-0.25, -0.2) is 0 Å². The van der Waals surface area contributed by atoms with Gasteiger partial charge in [0.1, 0.15) is 0 Å². The van der Waals surface area contributed by atoms with Gasteiger partial charge in [0.05, 0.1) is 0 Å². The van der Waals surface area contributed by atoms with Crippen LogP contribution in [0.5, 0.6) is 0 Å². The van der Waals surface area contributed by atoms with Crippen LogP contribution < -0.4 is 5.73 Å². The maximum Gasteiger partial charge on any atom is 0.0488 e. The summed E-state index contributed by atoms with van der Waals surface area (Å²) in [6.07, 6.45) is 2.18. The molecule has 0 aliphatic rings. The van der Waals surface area contributed by atoms with E-state index >= 15 is 0 Å². The van der Waals surface area contributed by atoms with Crippen LogP contribution in [0, 0.1) is 5.92 Å². The lowest BCUT2D eigenvalue weighted by Crippen LogP contribution is -2.05. The van der Waals surface area contributed by atoms with E-state index in [-0.39, 0.29) is 0 Å². The number of hydrogen-bond acceptors (Lipinski definition) is 2. The normalized spacial score (nSPS) is 10.8. The summed E-state index contributed by atoms with van der Waals surface area (Å²) >= 11 is 0. The van der Waals surface area contributed by atoms with Gasteiger partial charge >= 0.3 is 0 Å². The highest BCUT2D eigenvalue weighted by atomic mass is 16.5. The van der Waals surface area contributed by atoms with Gasteiger partial charge in [0.25, 0.3) is 0 Å². The summed E-state index contributed by atoms with van der Waals surface area (Å²) in [6, 6.07) is 0. The molecule has 0 fully saturated rings. The van der Waals surface area contributed by atoms with Crippen LogP contribution in [0.2, 0.25) is 0 Å². The van der Waals surface area contributed by atoms with E-state index in [1.807, 2.05) is 0 Å². The highest BCUT2D eigenvalue weighted by Gasteiger charge is 1.92. The zero-order chi connectivity index (χ0) is 7.82. The molecule has 0 aromatic heterocycles. The first kappa shape index (κ1) is 9.92. The van der Waals surface area contributed by atoms with Crippen molar-refractivity contribution in [3.05, 3.63) is 0 Å². The summed E-state index contributed by atoms with van der Waals surface area (Å²) in [5.41, 5.74) is 5.31. The molecule has 0 atom stereocenters. The van der Waals surface area contributed by atoms with Crippen LogP contribution in [0.4, 0.5) is 0 Å². The Balaban J connectivity index is 2.77.